The van der Waals surface area contributed by atoms with Gasteiger partial charge in [-0.3, -0.25) is 0 Å². The minimum Gasteiger partial charge on any atom is -0.0836 e. The Balaban J connectivity index is 1.88. The average molecular weight is 414 g/mol. The molecular formula is C27H28P2. The van der Waals surface area contributed by atoms with Gasteiger partial charge in [0.2, 0.25) is 0 Å². The quantitative estimate of drug-likeness (QED) is 0.385. The van der Waals surface area contributed by atoms with Crippen LogP contribution >= 0.6 is 15.8 Å². The highest BCUT2D eigenvalue weighted by molar-refractivity contribution is 7.89. The van der Waals surface area contributed by atoms with E-state index in [4.69, 9.17) is 0 Å². The lowest BCUT2D eigenvalue weighted by Gasteiger charge is -2.43. The maximum absolute atomic E-state index is 2.50. The molecule has 2 heteroatoms. The second-order valence-corrected chi connectivity index (χ2v) is 13.8. The fourth-order valence-electron chi connectivity index (χ4n) is 4.16. The van der Waals surface area contributed by atoms with Gasteiger partial charge in [0.15, 0.2) is 0 Å². The van der Waals surface area contributed by atoms with E-state index in [9.17, 15) is 0 Å². The lowest BCUT2D eigenvalue weighted by Crippen LogP contribution is -2.31. The maximum atomic E-state index is 2.50. The zero-order valence-electron chi connectivity index (χ0n) is 17.2. The SMILES string of the molecule is CC(C)(P(C1=CCCC=C1)c1ccccc1)P(c1ccccc1)c1ccccc1. The number of hydrogen-bond acceptors (Lipinski definition) is 0. The second-order valence-electron chi connectivity index (χ2n) is 7.78. The second kappa shape index (κ2) is 9.21. The van der Waals surface area contributed by atoms with E-state index in [1.807, 2.05) is 0 Å². The van der Waals surface area contributed by atoms with Crippen molar-refractivity contribution >= 4 is 31.8 Å². The van der Waals surface area contributed by atoms with Crippen molar-refractivity contribution in [3.63, 3.8) is 0 Å². The van der Waals surface area contributed by atoms with Crippen LogP contribution in [0.1, 0.15) is 26.7 Å². The molecule has 0 spiro atoms. The summed E-state index contributed by atoms with van der Waals surface area (Å²) in [5, 5.41) is 5.93. The number of rotatable bonds is 6. The van der Waals surface area contributed by atoms with Crippen molar-refractivity contribution in [3.05, 3.63) is 115 Å². The molecule has 0 amide bonds. The first-order valence-electron chi connectivity index (χ1n) is 10.3. The Bertz CT molecular complexity index is 933. The predicted molar refractivity (Wildman–Crippen MR) is 133 cm³/mol. The van der Waals surface area contributed by atoms with Gasteiger partial charge in [0.1, 0.15) is 0 Å². The van der Waals surface area contributed by atoms with Gasteiger partial charge in [0, 0.05) is 4.90 Å². The van der Waals surface area contributed by atoms with Gasteiger partial charge < -0.3 is 0 Å². The number of hydrogen-bond donors (Lipinski definition) is 0. The van der Waals surface area contributed by atoms with E-state index < -0.39 is 15.8 Å². The smallest absolute Gasteiger partial charge is 0.0210 e. The Labute approximate surface area is 177 Å². The first-order valence-corrected chi connectivity index (χ1v) is 13.0. The topological polar surface area (TPSA) is 0 Å². The van der Waals surface area contributed by atoms with Crippen LogP contribution in [0.3, 0.4) is 0 Å². The summed E-state index contributed by atoms with van der Waals surface area (Å²) in [4.78, 5) is 0.113. The van der Waals surface area contributed by atoms with Crippen LogP contribution in [0.5, 0.6) is 0 Å². The Morgan fingerprint density at radius 2 is 1.03 bits per heavy atom. The van der Waals surface area contributed by atoms with E-state index in [0.717, 1.165) is 12.8 Å². The third-order valence-electron chi connectivity index (χ3n) is 5.37. The molecule has 0 nitrogen and oxygen atoms in total. The van der Waals surface area contributed by atoms with Gasteiger partial charge in [-0.25, -0.2) is 0 Å². The molecule has 0 aromatic heterocycles. The van der Waals surface area contributed by atoms with E-state index in [1.54, 1.807) is 0 Å². The van der Waals surface area contributed by atoms with Crippen LogP contribution in [0.2, 0.25) is 0 Å². The molecule has 0 heterocycles. The van der Waals surface area contributed by atoms with E-state index in [0.29, 0.717) is 0 Å². The molecule has 0 saturated carbocycles. The lowest BCUT2D eigenvalue weighted by atomic mass is 10.2. The van der Waals surface area contributed by atoms with Gasteiger partial charge in [0.05, 0.1) is 0 Å². The maximum Gasteiger partial charge on any atom is 0.0210 e. The average Bonchev–Trinajstić information content (AvgIpc) is 2.77. The fourth-order valence-corrected chi connectivity index (χ4v) is 11.4. The zero-order chi connectivity index (χ0) is 20.1. The molecule has 0 saturated heterocycles. The predicted octanol–water partition coefficient (Wildman–Crippen LogP) is 6.90. The first-order chi connectivity index (χ1) is 14.2. The highest BCUT2D eigenvalue weighted by Gasteiger charge is 2.41. The number of allylic oxidation sites excluding steroid dienone is 4. The molecule has 1 unspecified atom stereocenters. The molecule has 0 N–H and O–H groups in total. The molecule has 0 bridgehead atoms. The van der Waals surface area contributed by atoms with Gasteiger partial charge in [-0.2, -0.15) is 0 Å². The van der Waals surface area contributed by atoms with Crippen molar-refractivity contribution < 1.29 is 0 Å². The molecule has 4 rings (SSSR count). The zero-order valence-corrected chi connectivity index (χ0v) is 19.0. The highest BCUT2D eigenvalue weighted by atomic mass is 31.2. The standard InChI is InChI=1S/C27H28P2/c1-27(2,28(23-15-7-3-8-16-23)24-17-9-4-10-18-24)29(25-19-11-5-12-20-25)26-21-13-6-14-22-26/h3-5,7-13,15-22H,6,14H2,1-2H3. The normalized spacial score (nSPS) is 15.2. The van der Waals surface area contributed by atoms with Crippen LogP contribution in [0.4, 0.5) is 0 Å². The van der Waals surface area contributed by atoms with Crippen LogP contribution in [0.25, 0.3) is 0 Å². The monoisotopic (exact) mass is 414 g/mol. The third kappa shape index (κ3) is 4.45. The van der Waals surface area contributed by atoms with Crippen molar-refractivity contribution in [2.75, 3.05) is 0 Å². The van der Waals surface area contributed by atoms with Crippen LogP contribution in [0.15, 0.2) is 115 Å². The molecule has 1 atom stereocenters. The third-order valence-corrected chi connectivity index (χ3v) is 12.1. The largest absolute Gasteiger partial charge is 0.0836 e. The fraction of sp³-hybridized carbons (Fsp3) is 0.185. The van der Waals surface area contributed by atoms with Gasteiger partial charge in [-0.1, -0.05) is 123 Å². The van der Waals surface area contributed by atoms with Gasteiger partial charge in [0.25, 0.3) is 0 Å². The lowest BCUT2D eigenvalue weighted by molar-refractivity contribution is 0.993. The molecule has 3 aromatic rings. The van der Waals surface area contributed by atoms with E-state index >= 15 is 0 Å². The molecule has 29 heavy (non-hydrogen) atoms. The highest BCUT2D eigenvalue weighted by Crippen LogP contribution is 2.69. The Kier molecular flexibility index (Phi) is 6.44. The first kappa shape index (κ1) is 20.3. The summed E-state index contributed by atoms with van der Waals surface area (Å²) in [5.41, 5.74) is 0. The van der Waals surface area contributed by atoms with Crippen molar-refractivity contribution in [2.45, 2.75) is 31.6 Å². The summed E-state index contributed by atoms with van der Waals surface area (Å²) in [5.74, 6) is 0. The minimum absolute atomic E-state index is 0.113. The van der Waals surface area contributed by atoms with Gasteiger partial charge in [-0.15, -0.1) is 0 Å². The Hall–Kier alpha value is -2.00. The van der Waals surface area contributed by atoms with Crippen molar-refractivity contribution in [2.24, 2.45) is 0 Å². The van der Waals surface area contributed by atoms with E-state index in [-0.39, 0.29) is 4.90 Å². The Morgan fingerprint density at radius 1 is 0.586 bits per heavy atom. The summed E-state index contributed by atoms with van der Waals surface area (Å²) in [7, 11) is -1.03. The molecular weight excluding hydrogens is 386 g/mol. The van der Waals surface area contributed by atoms with Crippen molar-refractivity contribution in [1.29, 1.82) is 0 Å². The number of benzene rings is 3. The van der Waals surface area contributed by atoms with Crippen molar-refractivity contribution in [1.82, 2.24) is 0 Å². The summed E-state index contributed by atoms with van der Waals surface area (Å²) < 4.78 is 0. The van der Waals surface area contributed by atoms with Gasteiger partial charge >= 0.3 is 0 Å². The molecule has 1 aliphatic rings. The van der Waals surface area contributed by atoms with Crippen molar-refractivity contribution in [3.8, 4) is 0 Å². The van der Waals surface area contributed by atoms with E-state index in [2.05, 4.69) is 123 Å². The molecule has 146 valence electrons. The summed E-state index contributed by atoms with van der Waals surface area (Å²) >= 11 is 0. The van der Waals surface area contributed by atoms with Gasteiger partial charge in [-0.05, 0) is 49.9 Å². The molecule has 1 aliphatic carbocycles. The van der Waals surface area contributed by atoms with Crippen LogP contribution in [-0.4, -0.2) is 4.90 Å². The van der Waals surface area contributed by atoms with Crippen LogP contribution < -0.4 is 15.9 Å². The minimum atomic E-state index is -0.528. The molecule has 0 aliphatic heterocycles. The Morgan fingerprint density at radius 3 is 1.45 bits per heavy atom. The molecule has 0 fully saturated rings. The van der Waals surface area contributed by atoms with E-state index in [1.165, 1.54) is 21.2 Å². The summed E-state index contributed by atoms with van der Waals surface area (Å²) in [6, 6.07) is 33.5. The van der Waals surface area contributed by atoms with Crippen LogP contribution in [-0.2, 0) is 0 Å². The summed E-state index contributed by atoms with van der Waals surface area (Å²) in [6.45, 7) is 5.00. The molecule has 3 aromatic carbocycles. The summed E-state index contributed by atoms with van der Waals surface area (Å²) in [6.07, 6.45) is 9.56. The molecule has 0 radical (unpaired) electrons. The van der Waals surface area contributed by atoms with Crippen LogP contribution in [0, 0.1) is 0 Å².